The Morgan fingerprint density at radius 3 is 2.08 bits per heavy atom. The van der Waals surface area contributed by atoms with Gasteiger partial charge < -0.3 is 9.47 Å². The summed E-state index contributed by atoms with van der Waals surface area (Å²) in [6.45, 7) is 4.79. The number of anilines is 3. The highest BCUT2D eigenvalue weighted by Gasteiger charge is 2.75. The molecule has 1 aromatic heterocycles. The van der Waals surface area contributed by atoms with Crippen molar-refractivity contribution in [2.45, 2.75) is 56.8 Å². The predicted octanol–water partition coefficient (Wildman–Crippen LogP) is 15.5. The minimum absolute atomic E-state index is 0.0745. The molecule has 8 aromatic carbocycles. The van der Waals surface area contributed by atoms with Gasteiger partial charge in [-0.3, -0.25) is 0 Å². The van der Waals surface area contributed by atoms with Crippen molar-refractivity contribution in [2.24, 2.45) is 23.2 Å². The highest BCUT2D eigenvalue weighted by molar-refractivity contribution is 6.21. The SMILES string of the molecule is CC1(C)c2ccccc2-c2ccc(N(c3ccc(-c4cccc(-n5c6ccccc6c6c7ccccc7ccc65)c4)cc3)c3cccc(C45C[C@@H]6CC7(C[C@@H](C4)C67)C5)c3)cc21. The predicted molar refractivity (Wildman–Crippen MR) is 254 cm³/mol. The van der Waals surface area contributed by atoms with Crippen molar-refractivity contribution in [1.82, 2.24) is 4.57 Å². The molecule has 0 amide bonds. The van der Waals surface area contributed by atoms with Gasteiger partial charge in [0.25, 0.3) is 0 Å². The van der Waals surface area contributed by atoms with Gasteiger partial charge in [0.1, 0.15) is 0 Å². The van der Waals surface area contributed by atoms with Crippen molar-refractivity contribution in [1.29, 1.82) is 0 Å². The van der Waals surface area contributed by atoms with Gasteiger partial charge in [-0.25, -0.2) is 0 Å². The summed E-state index contributed by atoms with van der Waals surface area (Å²) in [6.07, 6.45) is 7.19. The van der Waals surface area contributed by atoms with Crippen LogP contribution in [0.5, 0.6) is 0 Å². The molecule has 2 heteroatoms. The lowest BCUT2D eigenvalue weighted by molar-refractivity contribution is -0.288. The van der Waals surface area contributed by atoms with E-state index in [9.17, 15) is 0 Å². The molecule has 2 nitrogen and oxygen atoms in total. The van der Waals surface area contributed by atoms with Crippen molar-refractivity contribution in [3.63, 3.8) is 0 Å². The van der Waals surface area contributed by atoms with Gasteiger partial charge in [0, 0.05) is 38.9 Å². The Hall–Kier alpha value is -6.38. The molecule has 16 rings (SSSR count). The molecule has 2 atom stereocenters. The van der Waals surface area contributed by atoms with Crippen LogP contribution in [0.1, 0.15) is 62.6 Å². The number of benzene rings is 8. The highest BCUT2D eigenvalue weighted by atomic mass is 15.1. The second-order valence-corrected chi connectivity index (χ2v) is 20.1. The third-order valence-corrected chi connectivity index (χ3v) is 16.7. The van der Waals surface area contributed by atoms with Crippen molar-refractivity contribution in [3.8, 4) is 27.9 Å². The maximum atomic E-state index is 2.58. The summed E-state index contributed by atoms with van der Waals surface area (Å²) in [5, 5.41) is 5.17. The summed E-state index contributed by atoms with van der Waals surface area (Å²) in [7, 11) is 0. The zero-order valence-corrected chi connectivity index (χ0v) is 34.9. The van der Waals surface area contributed by atoms with Crippen LogP contribution in [0.3, 0.4) is 0 Å². The maximum Gasteiger partial charge on any atom is 0.0547 e. The molecule has 6 saturated carbocycles. The molecule has 1 spiro atoms. The van der Waals surface area contributed by atoms with E-state index in [-0.39, 0.29) is 5.41 Å². The topological polar surface area (TPSA) is 8.17 Å². The fourth-order valence-electron chi connectivity index (χ4n) is 14.5. The number of hydrogen-bond acceptors (Lipinski definition) is 1. The largest absolute Gasteiger partial charge is 0.310 e. The molecule has 6 fully saturated rings. The number of fused-ring (bicyclic) bond motifs is 8. The highest BCUT2D eigenvalue weighted by Crippen LogP contribution is 2.82. The summed E-state index contributed by atoms with van der Waals surface area (Å²) >= 11 is 0. The van der Waals surface area contributed by atoms with E-state index in [0.29, 0.717) is 10.8 Å². The molecule has 1 heterocycles. The molecule has 61 heavy (non-hydrogen) atoms. The van der Waals surface area contributed by atoms with Crippen LogP contribution in [0.15, 0.2) is 176 Å². The molecule has 7 aliphatic rings. The summed E-state index contributed by atoms with van der Waals surface area (Å²) in [6, 6.07) is 66.7. The van der Waals surface area contributed by atoms with Crippen LogP contribution in [0.4, 0.5) is 17.1 Å². The first kappa shape index (κ1) is 34.3. The van der Waals surface area contributed by atoms with E-state index in [1.165, 1.54) is 121 Å². The van der Waals surface area contributed by atoms with Gasteiger partial charge in [-0.1, -0.05) is 129 Å². The van der Waals surface area contributed by atoms with Gasteiger partial charge in [0.05, 0.1) is 11.0 Å². The normalized spacial score (nSPS) is 24.7. The van der Waals surface area contributed by atoms with Crippen LogP contribution in [0.25, 0.3) is 60.5 Å². The Morgan fingerprint density at radius 2 is 1.23 bits per heavy atom. The molecule has 0 saturated heterocycles. The lowest BCUT2D eigenvalue weighted by Gasteiger charge is -2.80. The summed E-state index contributed by atoms with van der Waals surface area (Å²) in [4.78, 5) is 2.54. The van der Waals surface area contributed by atoms with E-state index in [0.717, 1.165) is 17.8 Å². The minimum Gasteiger partial charge on any atom is -0.310 e. The molecular formula is C59H48N2. The number of aromatic nitrogens is 1. The zero-order valence-electron chi connectivity index (χ0n) is 34.9. The number of para-hydroxylation sites is 1. The second-order valence-electron chi connectivity index (χ2n) is 20.1. The van der Waals surface area contributed by atoms with Crippen LogP contribution in [-0.4, -0.2) is 4.57 Å². The van der Waals surface area contributed by atoms with E-state index in [2.05, 4.69) is 199 Å². The fourth-order valence-corrected chi connectivity index (χ4v) is 14.5. The van der Waals surface area contributed by atoms with E-state index in [1.54, 1.807) is 5.56 Å². The first-order valence-corrected chi connectivity index (χ1v) is 22.6. The maximum absolute atomic E-state index is 2.58. The van der Waals surface area contributed by atoms with Gasteiger partial charge in [-0.05, 0) is 171 Å². The van der Waals surface area contributed by atoms with Gasteiger partial charge in [0.2, 0.25) is 0 Å². The molecule has 7 aliphatic carbocycles. The average Bonchev–Trinajstić information content (AvgIpc) is 3.75. The minimum atomic E-state index is -0.0745. The van der Waals surface area contributed by atoms with Crippen molar-refractivity contribution in [3.05, 3.63) is 193 Å². The van der Waals surface area contributed by atoms with Gasteiger partial charge in [0.15, 0.2) is 0 Å². The quantitative estimate of drug-likeness (QED) is 0.163. The zero-order chi connectivity index (χ0) is 40.2. The lowest BCUT2D eigenvalue weighted by atomic mass is 9.24. The Balaban J connectivity index is 0.878. The van der Waals surface area contributed by atoms with Crippen LogP contribution in [0, 0.1) is 23.2 Å². The molecule has 5 bridgehead atoms. The number of rotatable bonds is 6. The number of nitrogens with zero attached hydrogens (tertiary/aromatic N) is 2. The summed E-state index contributed by atoms with van der Waals surface area (Å²) in [5.41, 5.74) is 17.8. The van der Waals surface area contributed by atoms with E-state index >= 15 is 0 Å². The van der Waals surface area contributed by atoms with Gasteiger partial charge in [-0.15, -0.1) is 0 Å². The third kappa shape index (κ3) is 4.58. The standard InChI is InChI=1S/C59H48N2/c1-57(2)51-19-7-5-17-48(51)49-27-26-46(31-52(49)57)60(45-15-10-13-42(30-45)58-32-40-34-59(36-58)35-41(33-58)56(40)59)43-24-21-37(22-25-43)39-12-9-14-44(29-39)61-53-20-8-6-18-50(53)55-47-16-4-3-11-38(47)23-28-54(55)61/h3-31,40-41,56H,32-36H2,1-2H3/t40-,41-,56?,58?,59?/m1/s1. The van der Waals surface area contributed by atoms with E-state index < -0.39 is 0 Å². The van der Waals surface area contributed by atoms with Crippen LogP contribution in [-0.2, 0) is 10.8 Å². The molecule has 0 aliphatic heterocycles. The van der Waals surface area contributed by atoms with Gasteiger partial charge in [-0.2, -0.15) is 0 Å². The Morgan fingerprint density at radius 1 is 0.508 bits per heavy atom. The monoisotopic (exact) mass is 784 g/mol. The van der Waals surface area contributed by atoms with Crippen molar-refractivity contribution >= 4 is 49.6 Å². The van der Waals surface area contributed by atoms with E-state index in [1.807, 2.05) is 0 Å². The fraction of sp³-hybridized carbons (Fsp3) is 0.220. The Kier molecular flexibility index (Phi) is 6.71. The third-order valence-electron chi connectivity index (χ3n) is 16.7. The first-order chi connectivity index (χ1) is 29.9. The average molecular weight is 785 g/mol. The Labute approximate surface area is 358 Å². The molecule has 0 radical (unpaired) electrons. The first-order valence-electron chi connectivity index (χ1n) is 22.6. The van der Waals surface area contributed by atoms with Gasteiger partial charge >= 0.3 is 0 Å². The smallest absolute Gasteiger partial charge is 0.0547 e. The second kappa shape index (κ2) is 11.9. The molecule has 9 aromatic rings. The summed E-state index contributed by atoms with van der Waals surface area (Å²) < 4.78 is 2.45. The summed E-state index contributed by atoms with van der Waals surface area (Å²) in [5.74, 6) is 2.97. The Bertz CT molecular complexity index is 3290. The molecular weight excluding hydrogens is 737 g/mol. The van der Waals surface area contributed by atoms with Crippen molar-refractivity contribution in [2.75, 3.05) is 4.90 Å². The van der Waals surface area contributed by atoms with Crippen LogP contribution in [0.2, 0.25) is 0 Å². The van der Waals surface area contributed by atoms with Crippen LogP contribution < -0.4 is 4.90 Å². The van der Waals surface area contributed by atoms with Crippen molar-refractivity contribution < 1.29 is 0 Å². The lowest BCUT2D eigenvalue weighted by Crippen LogP contribution is -2.73. The molecule has 0 unspecified atom stereocenters. The van der Waals surface area contributed by atoms with Crippen LogP contribution >= 0.6 is 0 Å². The molecule has 0 N–H and O–H groups in total. The molecule has 294 valence electrons. The number of hydrogen-bond donors (Lipinski definition) is 0. The van der Waals surface area contributed by atoms with E-state index in [4.69, 9.17) is 0 Å².